The van der Waals surface area contributed by atoms with E-state index >= 15 is 0 Å². The highest BCUT2D eigenvalue weighted by molar-refractivity contribution is 5.77. The van der Waals surface area contributed by atoms with Gasteiger partial charge in [0, 0.05) is 18.3 Å². The highest BCUT2D eigenvalue weighted by Crippen LogP contribution is 2.57. The van der Waals surface area contributed by atoms with Crippen molar-refractivity contribution in [1.29, 1.82) is 0 Å². The van der Waals surface area contributed by atoms with E-state index in [-0.39, 0.29) is 5.56 Å². The molecule has 6 heteroatoms. The zero-order chi connectivity index (χ0) is 31.1. The molecule has 46 heavy (non-hydrogen) atoms. The van der Waals surface area contributed by atoms with E-state index in [1.807, 2.05) is 30.3 Å². The molecule has 0 radical (unpaired) electrons. The van der Waals surface area contributed by atoms with Gasteiger partial charge in [0.2, 0.25) is 0 Å². The van der Waals surface area contributed by atoms with Crippen LogP contribution in [0.25, 0.3) is 28.9 Å². The van der Waals surface area contributed by atoms with Gasteiger partial charge in [0.1, 0.15) is 5.82 Å². The van der Waals surface area contributed by atoms with E-state index in [1.165, 1.54) is 81.1 Å². The first-order chi connectivity index (χ1) is 22.6. The normalized spacial score (nSPS) is 27.7. The maximum absolute atomic E-state index is 13.8. The summed E-state index contributed by atoms with van der Waals surface area (Å²) in [5, 5.41) is 7.84. The van der Waals surface area contributed by atoms with Gasteiger partial charge in [0.25, 0.3) is 5.56 Å². The summed E-state index contributed by atoms with van der Waals surface area (Å²) in [6.07, 6.45) is 21.9. The lowest BCUT2D eigenvalue weighted by Crippen LogP contribution is -2.49. The predicted molar refractivity (Wildman–Crippen MR) is 186 cm³/mol. The Balaban J connectivity index is 1.17. The molecule has 2 aromatic heterocycles. The first-order valence-electron chi connectivity index (χ1n) is 17.3. The largest absolute Gasteiger partial charge is 0.316 e. The number of benzene rings is 2. The molecule has 2 aliphatic heterocycles. The molecule has 3 unspecified atom stereocenters. The quantitative estimate of drug-likeness (QED) is 0.239. The second-order valence-electron chi connectivity index (χ2n) is 14.2. The van der Waals surface area contributed by atoms with Crippen molar-refractivity contribution in [3.63, 3.8) is 0 Å². The first kappa shape index (κ1) is 29.4. The molecule has 2 aliphatic carbocycles. The molecule has 8 rings (SSSR count). The van der Waals surface area contributed by atoms with Crippen LogP contribution in [0.5, 0.6) is 0 Å². The third-order valence-corrected chi connectivity index (χ3v) is 11.6. The summed E-state index contributed by atoms with van der Waals surface area (Å²) in [5.74, 6) is 6.11. The van der Waals surface area contributed by atoms with Crippen LogP contribution in [0, 0.1) is 29.6 Å². The van der Waals surface area contributed by atoms with Gasteiger partial charge in [-0.25, -0.2) is 9.97 Å². The van der Waals surface area contributed by atoms with Gasteiger partial charge in [0.05, 0.1) is 11.1 Å². The van der Waals surface area contributed by atoms with E-state index in [4.69, 9.17) is 11.4 Å². The summed E-state index contributed by atoms with van der Waals surface area (Å²) in [4.78, 5) is 23.1. The number of piperidine rings is 2. The molecule has 1 spiro atoms. The average molecular weight is 610 g/mol. The molecular weight excluding hydrogens is 566 g/mol. The number of hydrogen-bond donors (Lipinski definition) is 2. The van der Waals surface area contributed by atoms with E-state index < -0.39 is 0 Å². The van der Waals surface area contributed by atoms with Crippen molar-refractivity contribution in [2.24, 2.45) is 17.3 Å². The molecule has 3 atom stereocenters. The monoisotopic (exact) mass is 609 g/mol. The minimum absolute atomic E-state index is 0.139. The summed E-state index contributed by atoms with van der Waals surface area (Å²) in [6, 6.07) is 18.4. The van der Waals surface area contributed by atoms with Crippen LogP contribution >= 0.6 is 0 Å². The number of rotatable bonds is 6. The second-order valence-corrected chi connectivity index (χ2v) is 14.2. The highest BCUT2D eigenvalue weighted by atomic mass is 16.1. The Morgan fingerprint density at radius 3 is 2.52 bits per heavy atom. The maximum Gasteiger partial charge on any atom is 0.267 e. The summed E-state index contributed by atoms with van der Waals surface area (Å²) >= 11 is 0. The van der Waals surface area contributed by atoms with E-state index in [0.717, 1.165) is 36.2 Å². The second kappa shape index (κ2) is 12.3. The van der Waals surface area contributed by atoms with E-state index in [1.54, 1.807) is 22.9 Å². The van der Waals surface area contributed by atoms with E-state index in [0.29, 0.717) is 34.1 Å². The number of nitrogens with one attached hydrogen (secondary N) is 2. The molecule has 6 nitrogen and oxygen atoms in total. The number of hydrogen-bond acceptors (Lipinski definition) is 5. The van der Waals surface area contributed by atoms with Gasteiger partial charge >= 0.3 is 0 Å². The minimum Gasteiger partial charge on any atom is -0.316 e. The van der Waals surface area contributed by atoms with Crippen molar-refractivity contribution in [2.75, 3.05) is 26.2 Å². The Hall–Kier alpha value is -4.05. The average Bonchev–Trinajstić information content (AvgIpc) is 3.07. The van der Waals surface area contributed by atoms with Crippen molar-refractivity contribution in [1.82, 2.24) is 25.2 Å². The van der Waals surface area contributed by atoms with Crippen LogP contribution in [0.1, 0.15) is 91.3 Å². The Kier molecular flexibility index (Phi) is 7.84. The van der Waals surface area contributed by atoms with Crippen LogP contribution in [-0.4, -0.2) is 40.7 Å². The highest BCUT2D eigenvalue weighted by Gasteiger charge is 2.48. The van der Waals surface area contributed by atoms with E-state index in [9.17, 15) is 4.79 Å². The van der Waals surface area contributed by atoms with Gasteiger partial charge in [-0.3, -0.25) is 9.36 Å². The van der Waals surface area contributed by atoms with Gasteiger partial charge in [-0.2, -0.15) is 0 Å². The van der Waals surface area contributed by atoms with Crippen molar-refractivity contribution in [3.05, 3.63) is 99.2 Å². The van der Waals surface area contributed by atoms with Gasteiger partial charge in [0.15, 0.2) is 5.65 Å². The molecule has 4 heterocycles. The number of pyridine rings is 1. The topological polar surface area (TPSA) is 71.8 Å². The fourth-order valence-corrected chi connectivity index (χ4v) is 8.83. The molecular formula is C40H43N5O. The van der Waals surface area contributed by atoms with Crippen LogP contribution in [0.2, 0.25) is 0 Å². The zero-order valence-corrected chi connectivity index (χ0v) is 26.6. The maximum atomic E-state index is 13.8. The van der Waals surface area contributed by atoms with Crippen molar-refractivity contribution < 1.29 is 0 Å². The lowest BCUT2D eigenvalue weighted by atomic mass is 9.54. The molecule has 2 saturated carbocycles. The van der Waals surface area contributed by atoms with Crippen molar-refractivity contribution >= 4 is 23.2 Å². The van der Waals surface area contributed by atoms with E-state index in [2.05, 4.69) is 45.8 Å². The van der Waals surface area contributed by atoms with Crippen LogP contribution in [0.4, 0.5) is 0 Å². The number of terminal acetylenes is 1. The fraction of sp³-hybridized carbons (Fsp3) is 0.425. The minimum atomic E-state index is -0.139. The molecule has 2 saturated heterocycles. The molecule has 0 amide bonds. The smallest absolute Gasteiger partial charge is 0.267 e. The Morgan fingerprint density at radius 1 is 0.935 bits per heavy atom. The summed E-state index contributed by atoms with van der Waals surface area (Å²) in [7, 11) is 0. The van der Waals surface area contributed by atoms with Crippen LogP contribution in [0.15, 0.2) is 65.6 Å². The molecule has 2 aromatic carbocycles. The van der Waals surface area contributed by atoms with Crippen LogP contribution in [-0.2, 0) is 0 Å². The lowest BCUT2D eigenvalue weighted by Gasteiger charge is -2.53. The molecule has 0 bridgehead atoms. The predicted octanol–water partition coefficient (Wildman–Crippen LogP) is 6.67. The number of nitrogens with zero attached hydrogens (tertiary/aromatic N) is 3. The Morgan fingerprint density at radius 2 is 1.78 bits per heavy atom. The lowest BCUT2D eigenvalue weighted by molar-refractivity contribution is 0.0561. The molecule has 234 valence electrons. The Bertz CT molecular complexity index is 1860. The molecule has 4 fully saturated rings. The molecule has 2 N–H and O–H groups in total. The fourth-order valence-electron chi connectivity index (χ4n) is 8.83. The standard InChI is InChI=1S/C40H43N5O/c1-2-27-8-11-34(12-9-27)45-37(44-38-35(39(45)46)7-4-19-43-38)13-10-28-20-30(32-22-31(23-32)29-6-3-17-41-25-29)24-33(21-28)36-14-16-40(36)15-5-18-42-26-40/h1,4,7-13,19-21,24,29,31-32,36,41-42H,3,5-6,14-18,22-23,25-26H2/b13-10+. The third-order valence-electron chi connectivity index (χ3n) is 11.6. The summed E-state index contributed by atoms with van der Waals surface area (Å²) in [5.41, 5.74) is 6.37. The summed E-state index contributed by atoms with van der Waals surface area (Å²) in [6.45, 7) is 4.63. The van der Waals surface area contributed by atoms with Gasteiger partial charge < -0.3 is 10.6 Å². The third kappa shape index (κ3) is 5.40. The zero-order valence-electron chi connectivity index (χ0n) is 26.6. The van der Waals surface area contributed by atoms with Gasteiger partial charge in [-0.15, -0.1) is 6.42 Å². The van der Waals surface area contributed by atoms with Crippen molar-refractivity contribution in [3.8, 4) is 18.0 Å². The van der Waals surface area contributed by atoms with Crippen molar-refractivity contribution in [2.45, 2.75) is 63.2 Å². The summed E-state index contributed by atoms with van der Waals surface area (Å²) < 4.78 is 1.68. The number of fused-ring (bicyclic) bond motifs is 1. The van der Waals surface area contributed by atoms with Crippen LogP contribution < -0.4 is 16.2 Å². The van der Waals surface area contributed by atoms with Gasteiger partial charge in [-0.1, -0.05) is 30.2 Å². The molecule has 4 aromatic rings. The van der Waals surface area contributed by atoms with Crippen LogP contribution in [0.3, 0.4) is 0 Å². The number of aromatic nitrogens is 3. The van der Waals surface area contributed by atoms with Gasteiger partial charge in [-0.05, 0) is 159 Å². The Labute approximate surface area is 271 Å². The SMILES string of the molecule is C#Cc1ccc(-n2c(/C=C/c3cc(C4CC(C5CCCNC5)C4)cc(C4CCC45CCCNC5)c3)nc3ncccc3c2=O)cc1. The first-order valence-corrected chi connectivity index (χ1v) is 17.3. The molecule has 4 aliphatic rings.